The number of hydrogen-bond acceptors (Lipinski definition) is 3. The lowest BCUT2D eigenvalue weighted by molar-refractivity contribution is -0.167. The van der Waals surface area contributed by atoms with E-state index < -0.39 is 0 Å². The third-order valence-corrected chi connectivity index (χ3v) is 2.42. The summed E-state index contributed by atoms with van der Waals surface area (Å²) in [4.78, 5) is 10.6. The van der Waals surface area contributed by atoms with Crippen LogP contribution < -0.4 is 0 Å². The minimum absolute atomic E-state index is 0.0306. The van der Waals surface area contributed by atoms with E-state index >= 15 is 0 Å². The first-order valence-electron chi connectivity index (χ1n) is 5.91. The summed E-state index contributed by atoms with van der Waals surface area (Å²) in [6.07, 6.45) is 3.98. The minimum atomic E-state index is -0.0799. The molecule has 0 radical (unpaired) electrons. The monoisotopic (exact) mass is 224 g/mol. The lowest BCUT2D eigenvalue weighted by Crippen LogP contribution is -2.24. The quantitative estimate of drug-likeness (QED) is 0.542. The zero-order valence-electron chi connectivity index (χ0n) is 10.1. The van der Waals surface area contributed by atoms with Crippen molar-refractivity contribution in [3.05, 3.63) is 0 Å². The topological polar surface area (TPSA) is 35.5 Å². The first-order valence-corrected chi connectivity index (χ1v) is 5.91. The molecule has 0 aromatic carbocycles. The van der Waals surface area contributed by atoms with Crippen molar-refractivity contribution in [1.29, 1.82) is 0 Å². The van der Waals surface area contributed by atoms with Crippen LogP contribution in [0.2, 0.25) is 0 Å². The molecule has 0 aliphatic carbocycles. The molecule has 16 heavy (non-hydrogen) atoms. The molecule has 3 nitrogen and oxygen atoms in total. The van der Waals surface area contributed by atoms with Gasteiger partial charge in [0.1, 0.15) is 0 Å². The van der Waals surface area contributed by atoms with E-state index in [0.29, 0.717) is 18.9 Å². The second kappa shape index (κ2) is 7.43. The van der Waals surface area contributed by atoms with Gasteiger partial charge in [-0.1, -0.05) is 12.8 Å². The van der Waals surface area contributed by atoms with Crippen molar-refractivity contribution < 1.29 is 14.3 Å². The van der Waals surface area contributed by atoms with Gasteiger partial charge in [0, 0.05) is 20.0 Å². The summed E-state index contributed by atoms with van der Waals surface area (Å²) in [5.74, 6) is 5.66. The molecule has 1 heterocycles. The number of ether oxygens (including phenoxy) is 2. The Morgan fingerprint density at radius 2 is 2.38 bits per heavy atom. The number of hydrogen-bond donors (Lipinski definition) is 0. The highest BCUT2D eigenvalue weighted by Gasteiger charge is 2.14. The molecular formula is C13H20O3. The first-order chi connectivity index (χ1) is 7.68. The fraction of sp³-hybridized carbons (Fsp3) is 0.769. The normalized spacial score (nSPS) is 22.0. The van der Waals surface area contributed by atoms with Crippen LogP contribution >= 0.6 is 0 Å². The standard InChI is InChI=1S/C13H20O3/c1-11(6-5-7-12(2)14)10-16-13-8-3-4-9-15-13/h11,13H,3-4,6,8-10H2,1-2H3/t11-,13-/m0/s1. The molecule has 90 valence electrons. The molecule has 1 aliphatic rings. The summed E-state index contributed by atoms with van der Waals surface area (Å²) in [6, 6.07) is 0. The van der Waals surface area contributed by atoms with Gasteiger partial charge in [0.25, 0.3) is 0 Å². The summed E-state index contributed by atoms with van der Waals surface area (Å²) in [5.41, 5.74) is 0. The molecule has 0 aromatic rings. The first kappa shape index (κ1) is 13.2. The van der Waals surface area contributed by atoms with Gasteiger partial charge in [-0.25, -0.2) is 0 Å². The van der Waals surface area contributed by atoms with Gasteiger partial charge in [-0.2, -0.15) is 0 Å². The van der Waals surface area contributed by atoms with Gasteiger partial charge in [0.15, 0.2) is 6.29 Å². The van der Waals surface area contributed by atoms with E-state index in [0.717, 1.165) is 19.4 Å². The molecule has 0 amide bonds. The Labute approximate surface area is 97.5 Å². The lowest BCUT2D eigenvalue weighted by atomic mass is 10.1. The maximum Gasteiger partial charge on any atom is 0.202 e. The van der Waals surface area contributed by atoms with Gasteiger partial charge >= 0.3 is 0 Å². The Bertz CT molecular complexity index is 269. The number of rotatable bonds is 4. The molecule has 3 heteroatoms. The van der Waals surface area contributed by atoms with Crippen molar-refractivity contribution >= 4 is 5.78 Å². The highest BCUT2D eigenvalue weighted by Crippen LogP contribution is 2.15. The zero-order valence-corrected chi connectivity index (χ0v) is 10.1. The molecule has 1 aliphatic heterocycles. The Kier molecular flexibility index (Phi) is 6.14. The second-order valence-corrected chi connectivity index (χ2v) is 4.30. The van der Waals surface area contributed by atoms with Crippen molar-refractivity contribution in [1.82, 2.24) is 0 Å². The minimum Gasteiger partial charge on any atom is -0.353 e. The van der Waals surface area contributed by atoms with Gasteiger partial charge in [0.2, 0.25) is 5.78 Å². The molecule has 0 saturated carbocycles. The van der Waals surface area contributed by atoms with E-state index in [-0.39, 0.29) is 12.1 Å². The van der Waals surface area contributed by atoms with Gasteiger partial charge in [-0.15, -0.1) is 0 Å². The van der Waals surface area contributed by atoms with Crippen LogP contribution in [0.15, 0.2) is 0 Å². The van der Waals surface area contributed by atoms with Crippen LogP contribution in [-0.2, 0) is 14.3 Å². The summed E-state index contributed by atoms with van der Waals surface area (Å²) >= 11 is 0. The molecule has 1 rings (SSSR count). The van der Waals surface area contributed by atoms with Crippen LogP contribution in [-0.4, -0.2) is 25.3 Å². The Morgan fingerprint density at radius 1 is 1.56 bits per heavy atom. The van der Waals surface area contributed by atoms with Gasteiger partial charge in [0.05, 0.1) is 6.61 Å². The fourth-order valence-corrected chi connectivity index (χ4v) is 1.52. The summed E-state index contributed by atoms with van der Waals surface area (Å²) in [7, 11) is 0. The predicted octanol–water partition coefficient (Wildman–Crippen LogP) is 2.15. The van der Waals surface area contributed by atoms with Gasteiger partial charge in [-0.3, -0.25) is 4.79 Å². The molecule has 0 spiro atoms. The van der Waals surface area contributed by atoms with E-state index in [4.69, 9.17) is 9.47 Å². The predicted molar refractivity (Wildman–Crippen MR) is 61.8 cm³/mol. The molecule has 2 atom stereocenters. The van der Waals surface area contributed by atoms with Crippen molar-refractivity contribution in [3.63, 3.8) is 0 Å². The average Bonchev–Trinajstić information content (AvgIpc) is 2.27. The maximum absolute atomic E-state index is 10.6. The smallest absolute Gasteiger partial charge is 0.202 e. The van der Waals surface area contributed by atoms with Crippen LogP contribution in [0.5, 0.6) is 0 Å². The van der Waals surface area contributed by atoms with Crippen molar-refractivity contribution in [2.24, 2.45) is 5.92 Å². The molecule has 0 unspecified atom stereocenters. The van der Waals surface area contributed by atoms with E-state index in [1.165, 1.54) is 13.3 Å². The maximum atomic E-state index is 10.6. The molecule has 0 bridgehead atoms. The molecule has 0 N–H and O–H groups in total. The van der Waals surface area contributed by atoms with Crippen LogP contribution in [0.1, 0.15) is 39.5 Å². The molecule has 1 fully saturated rings. The van der Waals surface area contributed by atoms with E-state index in [2.05, 4.69) is 18.8 Å². The molecule has 0 aromatic heterocycles. The van der Waals surface area contributed by atoms with Gasteiger partial charge < -0.3 is 9.47 Å². The number of ketones is 1. The summed E-state index contributed by atoms with van der Waals surface area (Å²) < 4.78 is 11.1. The Morgan fingerprint density at radius 3 is 3.00 bits per heavy atom. The second-order valence-electron chi connectivity index (χ2n) is 4.30. The zero-order chi connectivity index (χ0) is 11.8. The highest BCUT2D eigenvalue weighted by molar-refractivity contribution is 5.93. The van der Waals surface area contributed by atoms with Crippen molar-refractivity contribution in [2.75, 3.05) is 13.2 Å². The van der Waals surface area contributed by atoms with Crippen molar-refractivity contribution in [3.8, 4) is 11.8 Å². The summed E-state index contributed by atoms with van der Waals surface area (Å²) in [5, 5.41) is 0. The molecule has 1 saturated heterocycles. The van der Waals surface area contributed by atoms with Crippen LogP contribution in [0.25, 0.3) is 0 Å². The van der Waals surface area contributed by atoms with Gasteiger partial charge in [-0.05, 0) is 31.1 Å². The largest absolute Gasteiger partial charge is 0.353 e. The number of Topliss-reactive ketones (excluding diaryl/α,β-unsaturated/α-hetero) is 1. The van der Waals surface area contributed by atoms with Crippen LogP contribution in [0, 0.1) is 17.8 Å². The highest BCUT2D eigenvalue weighted by atomic mass is 16.7. The third kappa shape index (κ3) is 5.89. The van der Waals surface area contributed by atoms with Crippen LogP contribution in [0.3, 0.4) is 0 Å². The van der Waals surface area contributed by atoms with Crippen LogP contribution in [0.4, 0.5) is 0 Å². The lowest BCUT2D eigenvalue weighted by Gasteiger charge is -2.23. The Balaban J connectivity index is 2.12. The number of carbonyl (C=O) groups is 1. The third-order valence-electron chi connectivity index (χ3n) is 2.42. The van der Waals surface area contributed by atoms with Crippen molar-refractivity contribution in [2.45, 2.75) is 45.8 Å². The van der Waals surface area contributed by atoms with E-state index in [1.807, 2.05) is 0 Å². The fourth-order valence-electron chi connectivity index (χ4n) is 1.52. The summed E-state index contributed by atoms with van der Waals surface area (Å²) in [6.45, 7) is 5.00. The van der Waals surface area contributed by atoms with E-state index in [9.17, 15) is 4.79 Å². The SMILES string of the molecule is CC(=O)C#CC[C@H](C)CO[C@H]1CCCCO1. The Hall–Kier alpha value is -0.850. The molecular weight excluding hydrogens is 204 g/mol. The average molecular weight is 224 g/mol. The van der Waals surface area contributed by atoms with E-state index in [1.54, 1.807) is 0 Å². The number of carbonyl (C=O) groups excluding carboxylic acids is 1.